The number of likely N-dealkylation sites (N-methyl/N-ethyl adjacent to an activating group) is 1. The van der Waals surface area contributed by atoms with E-state index < -0.39 is 0 Å². The summed E-state index contributed by atoms with van der Waals surface area (Å²) in [6, 6.07) is 0.462. The lowest BCUT2D eigenvalue weighted by atomic mass is 9.83. The summed E-state index contributed by atoms with van der Waals surface area (Å²) in [7, 11) is 0. The molecule has 1 aliphatic rings. The molecule has 0 bridgehead atoms. The Hall–Kier alpha value is -0.520. The van der Waals surface area contributed by atoms with Gasteiger partial charge in [0.2, 0.25) is 0 Å². The quantitative estimate of drug-likeness (QED) is 0.408. The van der Waals surface area contributed by atoms with Gasteiger partial charge in [-0.1, -0.05) is 32.6 Å². The number of nitrogens with one attached hydrogen (secondary N) is 1. The van der Waals surface area contributed by atoms with Crippen molar-refractivity contribution in [2.75, 3.05) is 13.2 Å². The van der Waals surface area contributed by atoms with Gasteiger partial charge in [-0.05, 0) is 39.2 Å². The molecule has 0 radical (unpaired) electrons. The van der Waals surface area contributed by atoms with Gasteiger partial charge in [0, 0.05) is 19.1 Å². The highest BCUT2D eigenvalue weighted by molar-refractivity contribution is 4.95. The van der Waals surface area contributed by atoms with E-state index >= 15 is 0 Å². The van der Waals surface area contributed by atoms with Crippen molar-refractivity contribution >= 4 is 0 Å². The van der Waals surface area contributed by atoms with Crippen molar-refractivity contribution in [3.05, 3.63) is 0 Å². The Bertz CT molecular complexity index is 261. The van der Waals surface area contributed by atoms with Gasteiger partial charge in [0.15, 0.2) is 0 Å². The molecule has 2 nitrogen and oxygen atoms in total. The normalized spacial score (nSPS) is 20.5. The largest absolute Gasteiger partial charge is 0.374 e. The number of terminal acetylenes is 1. The van der Waals surface area contributed by atoms with E-state index in [9.17, 15) is 0 Å². The molecule has 1 rings (SSSR count). The number of hydrogen-bond donors (Lipinski definition) is 1. The molecule has 2 heteroatoms. The van der Waals surface area contributed by atoms with E-state index in [0.717, 1.165) is 32.4 Å². The van der Waals surface area contributed by atoms with E-state index in [1.54, 1.807) is 0 Å². The molecule has 0 saturated heterocycles. The van der Waals surface area contributed by atoms with E-state index in [1.807, 2.05) is 0 Å². The second-order valence-electron chi connectivity index (χ2n) is 5.62. The Morgan fingerprint density at radius 3 is 2.42 bits per heavy atom. The van der Waals surface area contributed by atoms with E-state index in [0.29, 0.717) is 6.04 Å². The Balaban J connectivity index is 2.73. The monoisotopic (exact) mass is 265 g/mol. The van der Waals surface area contributed by atoms with Gasteiger partial charge in [-0.2, -0.15) is 0 Å². The van der Waals surface area contributed by atoms with E-state index in [4.69, 9.17) is 11.2 Å². The fourth-order valence-corrected chi connectivity index (χ4v) is 3.41. The van der Waals surface area contributed by atoms with Gasteiger partial charge in [-0.25, -0.2) is 0 Å². The van der Waals surface area contributed by atoms with Crippen LogP contribution in [-0.4, -0.2) is 24.8 Å². The molecule has 1 aliphatic carbocycles. The predicted octanol–water partition coefficient (Wildman–Crippen LogP) is 3.90. The maximum atomic E-state index is 6.28. The van der Waals surface area contributed by atoms with Crippen LogP contribution in [0.5, 0.6) is 0 Å². The number of ether oxygens (including phenoxy) is 1. The molecular formula is C17H31NO. The molecule has 0 spiro atoms. The Kier molecular flexibility index (Phi) is 8.18. The molecule has 0 heterocycles. The molecule has 19 heavy (non-hydrogen) atoms. The molecule has 1 fully saturated rings. The molecule has 0 aromatic carbocycles. The molecule has 110 valence electrons. The van der Waals surface area contributed by atoms with Gasteiger partial charge in [-0.15, -0.1) is 12.3 Å². The van der Waals surface area contributed by atoms with Gasteiger partial charge >= 0.3 is 0 Å². The van der Waals surface area contributed by atoms with Crippen molar-refractivity contribution in [2.45, 2.75) is 83.3 Å². The van der Waals surface area contributed by atoms with Crippen LogP contribution in [0.3, 0.4) is 0 Å². The van der Waals surface area contributed by atoms with Gasteiger partial charge < -0.3 is 10.1 Å². The predicted molar refractivity (Wildman–Crippen MR) is 82.2 cm³/mol. The number of rotatable bonds is 8. The summed E-state index contributed by atoms with van der Waals surface area (Å²) in [5.74, 6) is 2.76. The zero-order valence-electron chi connectivity index (χ0n) is 12.8. The molecule has 0 amide bonds. The molecule has 1 atom stereocenters. The maximum absolute atomic E-state index is 6.28. The topological polar surface area (TPSA) is 21.3 Å². The lowest BCUT2D eigenvalue weighted by Crippen LogP contribution is -2.52. The van der Waals surface area contributed by atoms with Crippen LogP contribution in [0.2, 0.25) is 0 Å². The third kappa shape index (κ3) is 5.16. The first-order chi connectivity index (χ1) is 9.29. The van der Waals surface area contributed by atoms with Crippen LogP contribution < -0.4 is 5.32 Å². The summed E-state index contributed by atoms with van der Waals surface area (Å²) < 4.78 is 6.28. The van der Waals surface area contributed by atoms with Crippen molar-refractivity contribution in [1.29, 1.82) is 0 Å². The summed E-state index contributed by atoms with van der Waals surface area (Å²) >= 11 is 0. The minimum absolute atomic E-state index is 0.0514. The van der Waals surface area contributed by atoms with Crippen molar-refractivity contribution in [3.63, 3.8) is 0 Å². The zero-order valence-corrected chi connectivity index (χ0v) is 12.8. The lowest BCUT2D eigenvalue weighted by molar-refractivity contribution is -0.0785. The minimum atomic E-state index is 0.0514. The molecule has 1 N–H and O–H groups in total. The summed E-state index contributed by atoms with van der Waals surface area (Å²) in [5.41, 5.74) is 0.0514. The SMILES string of the molecule is C#CCCCC(NCC)C1(OCC)CCCCCC1. The van der Waals surface area contributed by atoms with Crippen LogP contribution >= 0.6 is 0 Å². The van der Waals surface area contributed by atoms with Crippen LogP contribution in [0.1, 0.15) is 71.6 Å². The fourth-order valence-electron chi connectivity index (χ4n) is 3.41. The summed E-state index contributed by atoms with van der Waals surface area (Å²) in [6.45, 7) is 6.13. The average Bonchev–Trinajstić information content (AvgIpc) is 2.65. The maximum Gasteiger partial charge on any atom is 0.0834 e. The first-order valence-corrected chi connectivity index (χ1v) is 8.10. The first-order valence-electron chi connectivity index (χ1n) is 8.10. The average molecular weight is 265 g/mol. The van der Waals surface area contributed by atoms with Crippen LogP contribution in [0.15, 0.2) is 0 Å². The van der Waals surface area contributed by atoms with Crippen LogP contribution in [-0.2, 0) is 4.74 Å². The molecule has 1 saturated carbocycles. The third-order valence-electron chi connectivity index (χ3n) is 4.28. The Morgan fingerprint density at radius 1 is 1.21 bits per heavy atom. The van der Waals surface area contributed by atoms with Gasteiger partial charge in [-0.3, -0.25) is 0 Å². The lowest BCUT2D eigenvalue weighted by Gasteiger charge is -2.41. The first kappa shape index (κ1) is 16.5. The van der Waals surface area contributed by atoms with Crippen LogP contribution in [0.25, 0.3) is 0 Å². The Morgan fingerprint density at radius 2 is 1.89 bits per heavy atom. The summed E-state index contributed by atoms with van der Waals surface area (Å²) in [6.07, 6.45) is 16.2. The molecule has 0 aromatic heterocycles. The van der Waals surface area contributed by atoms with Crippen molar-refractivity contribution in [2.24, 2.45) is 0 Å². The Labute approximate surface area is 119 Å². The van der Waals surface area contributed by atoms with Crippen LogP contribution in [0.4, 0.5) is 0 Å². The highest BCUT2D eigenvalue weighted by Crippen LogP contribution is 2.35. The van der Waals surface area contributed by atoms with E-state index in [-0.39, 0.29) is 5.60 Å². The molecule has 0 aromatic rings. The molecule has 0 aliphatic heterocycles. The standard InChI is InChI=1S/C17H31NO/c1-4-7-10-13-16(18-5-2)17(19-6-3)14-11-8-9-12-15-17/h1,16,18H,5-15H2,2-3H3. The minimum Gasteiger partial charge on any atom is -0.374 e. The number of unbranched alkanes of at least 4 members (excludes halogenated alkanes) is 1. The van der Waals surface area contributed by atoms with Crippen molar-refractivity contribution in [1.82, 2.24) is 5.32 Å². The van der Waals surface area contributed by atoms with Gasteiger partial charge in [0.1, 0.15) is 0 Å². The van der Waals surface area contributed by atoms with Crippen LogP contribution in [0, 0.1) is 12.3 Å². The third-order valence-corrected chi connectivity index (χ3v) is 4.28. The molecule has 1 unspecified atom stereocenters. The van der Waals surface area contributed by atoms with E-state index in [1.165, 1.54) is 38.5 Å². The second-order valence-corrected chi connectivity index (χ2v) is 5.62. The van der Waals surface area contributed by atoms with Gasteiger partial charge in [0.05, 0.1) is 5.60 Å². The molecular weight excluding hydrogens is 234 g/mol. The highest BCUT2D eigenvalue weighted by atomic mass is 16.5. The van der Waals surface area contributed by atoms with Crippen molar-refractivity contribution in [3.8, 4) is 12.3 Å². The summed E-state index contributed by atoms with van der Waals surface area (Å²) in [5, 5.41) is 3.67. The second kappa shape index (κ2) is 9.39. The highest BCUT2D eigenvalue weighted by Gasteiger charge is 2.38. The van der Waals surface area contributed by atoms with E-state index in [2.05, 4.69) is 25.1 Å². The summed E-state index contributed by atoms with van der Waals surface area (Å²) in [4.78, 5) is 0. The fraction of sp³-hybridized carbons (Fsp3) is 0.882. The van der Waals surface area contributed by atoms with Gasteiger partial charge in [0.25, 0.3) is 0 Å². The zero-order chi connectivity index (χ0) is 14.0. The smallest absolute Gasteiger partial charge is 0.0834 e. The number of hydrogen-bond acceptors (Lipinski definition) is 2. The van der Waals surface area contributed by atoms with Crippen molar-refractivity contribution < 1.29 is 4.74 Å².